The van der Waals surface area contributed by atoms with Gasteiger partial charge in [-0.05, 0) is 30.0 Å². The molecular formula is C17H15N3O4. The van der Waals surface area contributed by atoms with E-state index in [9.17, 15) is 0 Å². The first kappa shape index (κ1) is 13.6. The van der Waals surface area contributed by atoms with Crippen molar-refractivity contribution in [1.29, 1.82) is 0 Å². The highest BCUT2D eigenvalue weighted by Crippen LogP contribution is 2.55. The first-order valence-electron chi connectivity index (χ1n) is 7.98. The Morgan fingerprint density at radius 3 is 2.79 bits per heavy atom. The topological polar surface area (TPSA) is 83.4 Å². The van der Waals surface area contributed by atoms with Crippen LogP contribution in [-0.4, -0.2) is 28.5 Å². The lowest BCUT2D eigenvalue weighted by Crippen LogP contribution is -2.15. The van der Waals surface area contributed by atoms with E-state index < -0.39 is 0 Å². The average Bonchev–Trinajstić information content (AvgIpc) is 3.02. The number of ether oxygens (including phenoxy) is 2. The normalized spacial score (nSPS) is 21.7. The Labute approximate surface area is 137 Å². The predicted molar refractivity (Wildman–Crippen MR) is 81.1 cm³/mol. The van der Waals surface area contributed by atoms with Gasteiger partial charge in [-0.2, -0.15) is 4.98 Å². The van der Waals surface area contributed by atoms with Gasteiger partial charge in [-0.3, -0.25) is 0 Å². The second kappa shape index (κ2) is 5.36. The van der Waals surface area contributed by atoms with Gasteiger partial charge >= 0.3 is 0 Å². The van der Waals surface area contributed by atoms with E-state index in [4.69, 9.17) is 18.5 Å². The monoisotopic (exact) mass is 325 g/mol. The van der Waals surface area contributed by atoms with Crippen LogP contribution in [0.25, 0.3) is 0 Å². The number of aromatic nitrogens is 3. The molecule has 0 N–H and O–H groups in total. The van der Waals surface area contributed by atoms with E-state index in [0.29, 0.717) is 37.3 Å². The molecule has 0 unspecified atom stereocenters. The molecule has 3 aromatic rings. The van der Waals surface area contributed by atoms with Crippen LogP contribution < -0.4 is 9.47 Å². The Morgan fingerprint density at radius 2 is 1.92 bits per heavy atom. The third-order valence-corrected chi connectivity index (χ3v) is 4.42. The first-order valence-corrected chi connectivity index (χ1v) is 7.98. The SMILES string of the molecule is c1cc(Cc2noc([C@@H]3C[C@H]3c3ccc4c(c3)OCCO4)n2)no1. The molecular weight excluding hydrogens is 310 g/mol. The van der Waals surface area contributed by atoms with Gasteiger partial charge in [0.2, 0.25) is 5.89 Å². The summed E-state index contributed by atoms with van der Waals surface area (Å²) >= 11 is 0. The van der Waals surface area contributed by atoms with Crippen molar-refractivity contribution in [2.45, 2.75) is 24.7 Å². The molecule has 0 bridgehead atoms. The standard InChI is InChI=1S/C17H15N3O4/c1-2-14-15(22-6-5-21-14)7-10(1)12-9-13(12)17-18-16(20-24-17)8-11-3-4-23-19-11/h1-4,7,12-13H,5-6,8-9H2/t12-,13+/m0/s1. The lowest BCUT2D eigenvalue weighted by Gasteiger charge is -2.18. The molecule has 7 heteroatoms. The summed E-state index contributed by atoms with van der Waals surface area (Å²) in [6, 6.07) is 7.92. The Morgan fingerprint density at radius 1 is 1.00 bits per heavy atom. The summed E-state index contributed by atoms with van der Waals surface area (Å²) in [7, 11) is 0. The Kier molecular flexibility index (Phi) is 3.04. The minimum absolute atomic E-state index is 0.270. The Bertz CT molecular complexity index is 859. The van der Waals surface area contributed by atoms with Gasteiger partial charge < -0.3 is 18.5 Å². The van der Waals surface area contributed by atoms with Crippen LogP contribution in [0, 0.1) is 0 Å². The fourth-order valence-electron chi connectivity index (χ4n) is 3.11. The largest absolute Gasteiger partial charge is 0.486 e. The van der Waals surface area contributed by atoms with E-state index >= 15 is 0 Å². The van der Waals surface area contributed by atoms with Crippen LogP contribution in [0.3, 0.4) is 0 Å². The molecule has 1 saturated carbocycles. The van der Waals surface area contributed by atoms with Crippen molar-refractivity contribution in [3.8, 4) is 11.5 Å². The summed E-state index contributed by atoms with van der Waals surface area (Å²) in [6.45, 7) is 1.20. The highest BCUT2D eigenvalue weighted by atomic mass is 16.6. The zero-order valence-electron chi connectivity index (χ0n) is 12.8. The van der Waals surface area contributed by atoms with Crippen molar-refractivity contribution in [2.24, 2.45) is 0 Å². The first-order chi connectivity index (χ1) is 11.9. The average molecular weight is 325 g/mol. The van der Waals surface area contributed by atoms with Gasteiger partial charge in [0.1, 0.15) is 19.5 Å². The quantitative estimate of drug-likeness (QED) is 0.729. The zero-order chi connectivity index (χ0) is 15.9. The number of fused-ring (bicyclic) bond motifs is 1. The lowest BCUT2D eigenvalue weighted by atomic mass is 10.1. The molecule has 7 nitrogen and oxygen atoms in total. The Hall–Kier alpha value is -2.83. The van der Waals surface area contributed by atoms with E-state index in [1.165, 1.54) is 11.8 Å². The predicted octanol–water partition coefficient (Wildman–Crippen LogP) is 2.69. The summed E-state index contributed by atoms with van der Waals surface area (Å²) in [4.78, 5) is 4.49. The smallest absolute Gasteiger partial charge is 0.230 e. The third-order valence-electron chi connectivity index (χ3n) is 4.42. The number of benzene rings is 1. The second-order valence-corrected chi connectivity index (χ2v) is 6.07. The van der Waals surface area contributed by atoms with Crippen molar-refractivity contribution < 1.29 is 18.5 Å². The maximum Gasteiger partial charge on any atom is 0.230 e. The molecule has 1 aliphatic heterocycles. The molecule has 5 rings (SSSR count). The summed E-state index contributed by atoms with van der Waals surface area (Å²) < 4.78 is 21.5. The van der Waals surface area contributed by atoms with Gasteiger partial charge in [0.25, 0.3) is 0 Å². The third kappa shape index (κ3) is 2.42. The van der Waals surface area contributed by atoms with Crippen molar-refractivity contribution in [3.05, 3.63) is 53.5 Å². The maximum absolute atomic E-state index is 5.65. The van der Waals surface area contributed by atoms with Gasteiger partial charge in [0.15, 0.2) is 17.3 Å². The molecule has 122 valence electrons. The van der Waals surface area contributed by atoms with E-state index in [2.05, 4.69) is 27.4 Å². The highest BCUT2D eigenvalue weighted by Gasteiger charge is 2.44. The fraction of sp³-hybridized carbons (Fsp3) is 0.353. The molecule has 1 aliphatic carbocycles. The van der Waals surface area contributed by atoms with Gasteiger partial charge in [-0.25, -0.2) is 0 Å². The molecule has 1 aromatic carbocycles. The number of hydrogen-bond donors (Lipinski definition) is 0. The van der Waals surface area contributed by atoms with Crippen molar-refractivity contribution in [2.75, 3.05) is 13.2 Å². The Balaban J connectivity index is 1.31. The molecule has 0 radical (unpaired) electrons. The van der Waals surface area contributed by atoms with Crippen LogP contribution in [-0.2, 0) is 6.42 Å². The highest BCUT2D eigenvalue weighted by molar-refractivity contribution is 5.46. The van der Waals surface area contributed by atoms with E-state index in [0.717, 1.165) is 23.6 Å². The van der Waals surface area contributed by atoms with Gasteiger partial charge in [-0.1, -0.05) is 16.4 Å². The van der Waals surface area contributed by atoms with Crippen LogP contribution in [0.1, 0.15) is 41.2 Å². The molecule has 3 heterocycles. The fourth-order valence-corrected chi connectivity index (χ4v) is 3.11. The molecule has 1 fully saturated rings. The summed E-state index contributed by atoms with van der Waals surface area (Å²) in [5, 5.41) is 7.90. The van der Waals surface area contributed by atoms with Crippen LogP contribution in [0.2, 0.25) is 0 Å². The van der Waals surface area contributed by atoms with Crippen LogP contribution in [0.4, 0.5) is 0 Å². The number of nitrogens with zero attached hydrogens (tertiary/aromatic N) is 3. The summed E-state index contributed by atoms with van der Waals surface area (Å²) in [6.07, 6.45) is 3.06. The zero-order valence-corrected chi connectivity index (χ0v) is 12.8. The number of hydrogen-bond acceptors (Lipinski definition) is 7. The minimum atomic E-state index is 0.270. The number of rotatable bonds is 4. The van der Waals surface area contributed by atoms with Crippen LogP contribution in [0.5, 0.6) is 11.5 Å². The molecule has 2 atom stereocenters. The van der Waals surface area contributed by atoms with Gasteiger partial charge in [-0.15, -0.1) is 0 Å². The van der Waals surface area contributed by atoms with Crippen molar-refractivity contribution in [3.63, 3.8) is 0 Å². The summed E-state index contributed by atoms with van der Waals surface area (Å²) in [5.74, 6) is 3.61. The van der Waals surface area contributed by atoms with E-state index in [1.807, 2.05) is 6.07 Å². The molecule has 2 aromatic heterocycles. The van der Waals surface area contributed by atoms with Crippen molar-refractivity contribution in [1.82, 2.24) is 15.3 Å². The van der Waals surface area contributed by atoms with E-state index in [-0.39, 0.29) is 5.92 Å². The lowest BCUT2D eigenvalue weighted by molar-refractivity contribution is 0.171. The maximum atomic E-state index is 5.65. The molecule has 0 spiro atoms. The molecule has 24 heavy (non-hydrogen) atoms. The van der Waals surface area contributed by atoms with Gasteiger partial charge in [0, 0.05) is 12.0 Å². The van der Waals surface area contributed by atoms with E-state index in [1.54, 1.807) is 6.07 Å². The van der Waals surface area contributed by atoms with Crippen LogP contribution >= 0.6 is 0 Å². The molecule has 0 amide bonds. The van der Waals surface area contributed by atoms with Crippen LogP contribution in [0.15, 0.2) is 39.6 Å². The molecule has 0 saturated heterocycles. The second-order valence-electron chi connectivity index (χ2n) is 6.07. The summed E-state index contributed by atoms with van der Waals surface area (Å²) in [5.41, 5.74) is 2.02. The van der Waals surface area contributed by atoms with Gasteiger partial charge in [0.05, 0.1) is 12.1 Å². The van der Waals surface area contributed by atoms with Crippen molar-refractivity contribution >= 4 is 0 Å². The minimum Gasteiger partial charge on any atom is -0.486 e. The molecule has 2 aliphatic rings.